The molecule has 4 aliphatic heterocycles. The first-order chi connectivity index (χ1) is 19.6. The van der Waals surface area contributed by atoms with Crippen molar-refractivity contribution >= 4 is 11.5 Å². The molecule has 1 N–H and O–H groups in total. The zero-order valence-corrected chi connectivity index (χ0v) is 25.3. The average molecular weight is 560 g/mol. The lowest BCUT2D eigenvalue weighted by atomic mass is 9.92. The van der Waals surface area contributed by atoms with E-state index < -0.39 is 0 Å². The number of likely N-dealkylation sites (N-methyl/N-ethyl adjacent to an activating group) is 2. The second-order valence-electron chi connectivity index (χ2n) is 12.0. The van der Waals surface area contributed by atoms with Gasteiger partial charge in [0, 0.05) is 75.9 Å². The molecule has 5 rings (SSSR count). The van der Waals surface area contributed by atoms with Crippen LogP contribution in [0.4, 0.5) is 4.39 Å². The van der Waals surface area contributed by atoms with Gasteiger partial charge in [0.15, 0.2) is 0 Å². The third-order valence-corrected chi connectivity index (χ3v) is 8.98. The largest absolute Gasteiger partial charge is 0.387 e. The Balaban J connectivity index is 1.52. The smallest absolute Gasteiger partial charge is 0.136 e. The van der Waals surface area contributed by atoms with E-state index in [1.165, 1.54) is 0 Å². The van der Waals surface area contributed by atoms with Gasteiger partial charge < -0.3 is 29.8 Å². The molecule has 220 valence electrons. The Labute approximate surface area is 245 Å². The highest BCUT2D eigenvalue weighted by molar-refractivity contribution is 5.95. The molecule has 0 amide bonds. The Morgan fingerprint density at radius 2 is 1.80 bits per heavy atom. The molecule has 7 nitrogen and oxygen atoms in total. The lowest BCUT2D eigenvalue weighted by molar-refractivity contribution is 0.124. The Morgan fingerprint density at radius 1 is 1.02 bits per heavy atom. The van der Waals surface area contributed by atoms with Crippen molar-refractivity contribution in [2.24, 2.45) is 4.99 Å². The van der Waals surface area contributed by atoms with Crippen LogP contribution in [0.1, 0.15) is 36.8 Å². The fourth-order valence-electron chi connectivity index (χ4n) is 6.16. The fourth-order valence-corrected chi connectivity index (χ4v) is 6.16. The summed E-state index contributed by atoms with van der Waals surface area (Å²) in [5.41, 5.74) is 4.82. The normalized spacial score (nSPS) is 24.5. The Kier molecular flexibility index (Phi) is 8.59. The van der Waals surface area contributed by atoms with E-state index in [-0.39, 0.29) is 11.9 Å². The van der Waals surface area contributed by atoms with Crippen molar-refractivity contribution in [3.05, 3.63) is 89.9 Å². The van der Waals surface area contributed by atoms with E-state index >= 15 is 0 Å². The molecule has 0 saturated carbocycles. The first-order valence-electron chi connectivity index (χ1n) is 14.9. The van der Waals surface area contributed by atoms with Gasteiger partial charge in [-0.25, -0.2) is 9.38 Å². The van der Waals surface area contributed by atoms with Crippen LogP contribution in [-0.2, 0) is 6.42 Å². The molecule has 4 aliphatic rings. The number of benzene rings is 1. The summed E-state index contributed by atoms with van der Waals surface area (Å²) in [6.07, 6.45) is 9.07. The van der Waals surface area contributed by atoms with Crippen LogP contribution in [0.15, 0.2) is 78.0 Å². The number of nitrogens with one attached hydrogen (secondary N) is 1. The number of aliphatic imine (C=N–C) groups is 1. The summed E-state index contributed by atoms with van der Waals surface area (Å²) in [4.78, 5) is 16.6. The Hall–Kier alpha value is -3.52. The number of nitrogens with zero attached hydrogens (tertiary/aromatic N) is 6. The molecular formula is C33H46FN7. The van der Waals surface area contributed by atoms with Crippen LogP contribution in [0.5, 0.6) is 0 Å². The van der Waals surface area contributed by atoms with Crippen molar-refractivity contribution in [1.82, 2.24) is 29.8 Å². The van der Waals surface area contributed by atoms with Gasteiger partial charge in [0.2, 0.25) is 0 Å². The van der Waals surface area contributed by atoms with E-state index in [2.05, 4.69) is 89.9 Å². The molecule has 41 heavy (non-hydrogen) atoms. The average Bonchev–Trinajstić information content (AvgIpc) is 2.91. The maximum Gasteiger partial charge on any atom is 0.136 e. The summed E-state index contributed by atoms with van der Waals surface area (Å²) >= 11 is 0. The van der Waals surface area contributed by atoms with E-state index in [9.17, 15) is 4.39 Å². The SMILES string of the molecule is C=C1CCc2ccc(F)cc2C(=C)N2CCCCC2C(=C)/C=C2/N=C(N3CC(N(C)C)C3)C=C(N(C)CCN1)N2C. The number of amidine groups is 1. The molecule has 1 atom stereocenters. The number of likely N-dealkylation sites (tertiary alicyclic amines) is 1. The Bertz CT molecular complexity index is 1290. The molecule has 2 bridgehead atoms. The molecule has 1 unspecified atom stereocenters. The summed E-state index contributed by atoms with van der Waals surface area (Å²) < 4.78 is 14.5. The molecule has 0 spiro atoms. The molecule has 1 aromatic carbocycles. The van der Waals surface area contributed by atoms with Gasteiger partial charge in [-0.3, -0.25) is 0 Å². The molecule has 4 heterocycles. The highest BCUT2D eigenvalue weighted by atomic mass is 19.1. The first-order valence-corrected chi connectivity index (χ1v) is 14.9. The zero-order valence-electron chi connectivity index (χ0n) is 25.3. The monoisotopic (exact) mass is 559 g/mol. The van der Waals surface area contributed by atoms with Gasteiger partial charge in [-0.1, -0.05) is 25.8 Å². The van der Waals surface area contributed by atoms with Crippen LogP contribution >= 0.6 is 0 Å². The van der Waals surface area contributed by atoms with Gasteiger partial charge in [-0.2, -0.15) is 0 Å². The number of hydrogen-bond acceptors (Lipinski definition) is 7. The molecule has 1 aromatic rings. The number of piperidine rings is 1. The fraction of sp³-hybridized carbons (Fsp3) is 0.485. The van der Waals surface area contributed by atoms with Crippen molar-refractivity contribution in [1.29, 1.82) is 0 Å². The minimum Gasteiger partial charge on any atom is -0.387 e. The number of halogens is 1. The maximum atomic E-state index is 14.5. The van der Waals surface area contributed by atoms with Crippen molar-refractivity contribution in [3.63, 3.8) is 0 Å². The Morgan fingerprint density at radius 3 is 2.56 bits per heavy atom. The van der Waals surface area contributed by atoms with Crippen LogP contribution in [0.25, 0.3) is 5.70 Å². The van der Waals surface area contributed by atoms with Gasteiger partial charge in [0.25, 0.3) is 0 Å². The van der Waals surface area contributed by atoms with Crippen molar-refractivity contribution in [3.8, 4) is 0 Å². The van der Waals surface area contributed by atoms with Crippen molar-refractivity contribution < 1.29 is 4.39 Å². The third kappa shape index (κ3) is 6.22. The third-order valence-electron chi connectivity index (χ3n) is 8.98. The van der Waals surface area contributed by atoms with E-state index in [1.54, 1.807) is 12.1 Å². The van der Waals surface area contributed by atoms with E-state index in [0.29, 0.717) is 6.04 Å². The highest BCUT2D eigenvalue weighted by Crippen LogP contribution is 2.34. The summed E-state index contributed by atoms with van der Waals surface area (Å²) in [7, 11) is 8.49. The van der Waals surface area contributed by atoms with Gasteiger partial charge >= 0.3 is 0 Å². The lowest BCUT2D eigenvalue weighted by Crippen LogP contribution is -2.59. The minimum absolute atomic E-state index is 0.0773. The highest BCUT2D eigenvalue weighted by Gasteiger charge is 2.33. The van der Waals surface area contributed by atoms with Crippen molar-refractivity contribution in [2.75, 3.05) is 60.9 Å². The van der Waals surface area contributed by atoms with Gasteiger partial charge in [0.1, 0.15) is 23.3 Å². The van der Waals surface area contributed by atoms with Crippen LogP contribution < -0.4 is 5.32 Å². The summed E-state index contributed by atoms with van der Waals surface area (Å²) in [5, 5.41) is 3.51. The van der Waals surface area contributed by atoms with E-state index in [1.807, 2.05) is 6.07 Å². The molecule has 0 aromatic heterocycles. The summed E-state index contributed by atoms with van der Waals surface area (Å²) in [6, 6.07) is 5.70. The standard InChI is InChI=1S/C33H46FN7/c1-23-18-31-36-32(40-21-28(22-40)37(4)5)20-33(39(31)7)38(6)17-15-35-24(2)11-12-26-13-14-27(34)19-29(26)25(3)41-16-9-8-10-30(23)41/h13-14,18-20,28,30,35H,1-3,8-12,15-17,21-22H2,4-7H3/b31-18-. The molecular weight excluding hydrogens is 513 g/mol. The molecule has 2 saturated heterocycles. The van der Waals surface area contributed by atoms with Crippen LogP contribution in [-0.4, -0.2) is 103 Å². The zero-order chi connectivity index (χ0) is 29.3. The van der Waals surface area contributed by atoms with Crippen molar-refractivity contribution in [2.45, 2.75) is 44.2 Å². The van der Waals surface area contributed by atoms with Gasteiger partial charge in [-0.15, -0.1) is 0 Å². The van der Waals surface area contributed by atoms with E-state index in [4.69, 9.17) is 4.99 Å². The number of fused-ring (bicyclic) bond motifs is 4. The molecule has 2 fully saturated rings. The second-order valence-corrected chi connectivity index (χ2v) is 12.0. The predicted molar refractivity (Wildman–Crippen MR) is 167 cm³/mol. The maximum absolute atomic E-state index is 14.5. The van der Waals surface area contributed by atoms with Gasteiger partial charge in [-0.05, 0) is 75.5 Å². The summed E-state index contributed by atoms with van der Waals surface area (Å²) in [5.74, 6) is 2.74. The van der Waals surface area contributed by atoms with Gasteiger partial charge in [0.05, 0.1) is 6.04 Å². The minimum atomic E-state index is -0.238. The molecule has 8 heteroatoms. The molecule has 0 radical (unpaired) electrons. The van der Waals surface area contributed by atoms with Crippen LogP contribution in [0.2, 0.25) is 0 Å². The number of rotatable bonds is 1. The topological polar surface area (TPSA) is 40.6 Å². The lowest BCUT2D eigenvalue weighted by Gasteiger charge is -2.45. The second kappa shape index (κ2) is 12.1. The number of aryl methyl sites for hydroxylation is 1. The number of allylic oxidation sites excluding steroid dienone is 1. The predicted octanol–water partition coefficient (Wildman–Crippen LogP) is 4.46. The quantitative estimate of drug-likeness (QED) is 0.548. The first kappa shape index (κ1) is 29.0. The van der Waals surface area contributed by atoms with Crippen LogP contribution in [0, 0.1) is 5.82 Å². The van der Waals surface area contributed by atoms with Crippen LogP contribution in [0.3, 0.4) is 0 Å². The van der Waals surface area contributed by atoms with E-state index in [0.717, 1.165) is 110 Å². The molecule has 0 aliphatic carbocycles. The number of hydrogen-bond donors (Lipinski definition) is 1. The summed E-state index contributed by atoms with van der Waals surface area (Å²) in [6.45, 7) is 17.7.